The van der Waals surface area contributed by atoms with Crippen molar-refractivity contribution in [1.82, 2.24) is 15.1 Å². The number of H-pyrrole nitrogens is 1. The smallest absolute Gasteiger partial charge is 0.395 e. The topological polar surface area (TPSA) is 75.0 Å². The van der Waals surface area contributed by atoms with Crippen LogP contribution in [0.2, 0.25) is 0 Å². The third kappa shape index (κ3) is 3.23. The largest absolute Gasteiger partial charge is 0.406 e. The van der Waals surface area contributed by atoms with Gasteiger partial charge >= 0.3 is 6.18 Å². The molecule has 0 radical (unpaired) electrons. The number of nitrogens with zero attached hydrogens (tertiary/aromatic N) is 2. The molecule has 0 unspecified atom stereocenters. The van der Waals surface area contributed by atoms with E-state index < -0.39 is 18.6 Å². The number of aryl methyl sites for hydroxylation is 1. The maximum Gasteiger partial charge on any atom is 0.406 e. The molecule has 112 valence electrons. The maximum atomic E-state index is 12.5. The quantitative estimate of drug-likeness (QED) is 0.872. The molecule has 1 aromatic heterocycles. The van der Waals surface area contributed by atoms with Crippen molar-refractivity contribution in [3.05, 3.63) is 11.4 Å². The summed E-state index contributed by atoms with van der Waals surface area (Å²) in [5.41, 5.74) is 6.44. The summed E-state index contributed by atoms with van der Waals surface area (Å²) in [6.45, 7) is 0.674. The van der Waals surface area contributed by atoms with Gasteiger partial charge in [0.2, 0.25) is 0 Å². The zero-order valence-electron chi connectivity index (χ0n) is 11.1. The van der Waals surface area contributed by atoms with Crippen molar-refractivity contribution in [2.45, 2.75) is 44.8 Å². The summed E-state index contributed by atoms with van der Waals surface area (Å²) in [5, 5.41) is 6.42. The molecule has 5 nitrogen and oxygen atoms in total. The van der Waals surface area contributed by atoms with Crippen LogP contribution < -0.4 is 5.73 Å². The molecule has 3 N–H and O–H groups in total. The number of nitrogen functional groups attached to an aromatic ring is 1. The van der Waals surface area contributed by atoms with Crippen LogP contribution in [0.4, 0.5) is 18.9 Å². The molecule has 2 rings (SSSR count). The van der Waals surface area contributed by atoms with Crippen molar-refractivity contribution in [1.29, 1.82) is 0 Å². The van der Waals surface area contributed by atoms with Gasteiger partial charge in [-0.25, -0.2) is 0 Å². The van der Waals surface area contributed by atoms with E-state index in [0.29, 0.717) is 25.0 Å². The number of aromatic nitrogens is 2. The zero-order valence-corrected chi connectivity index (χ0v) is 11.1. The molecule has 1 saturated carbocycles. The summed E-state index contributed by atoms with van der Waals surface area (Å²) in [7, 11) is 0. The SMILES string of the molecule is CCCc1[nH]nc(C(=O)N(CC(F)(F)F)C2CC2)c1N. The first kappa shape index (κ1) is 14.7. The molecule has 0 saturated heterocycles. The minimum atomic E-state index is -4.42. The number of alkyl halides is 3. The Morgan fingerprint density at radius 3 is 2.65 bits per heavy atom. The van der Waals surface area contributed by atoms with Gasteiger partial charge in [-0.1, -0.05) is 13.3 Å². The van der Waals surface area contributed by atoms with Crippen LogP contribution in [0.5, 0.6) is 0 Å². The fraction of sp³-hybridized carbons (Fsp3) is 0.667. The Kier molecular flexibility index (Phi) is 3.92. The number of carbonyl (C=O) groups excluding carboxylic acids is 1. The number of aromatic amines is 1. The van der Waals surface area contributed by atoms with E-state index in [9.17, 15) is 18.0 Å². The third-order valence-corrected chi connectivity index (χ3v) is 3.18. The van der Waals surface area contributed by atoms with E-state index in [0.717, 1.165) is 11.3 Å². The molecule has 1 aromatic rings. The molecule has 0 bridgehead atoms. The van der Waals surface area contributed by atoms with Crippen molar-refractivity contribution in [2.75, 3.05) is 12.3 Å². The van der Waals surface area contributed by atoms with Crippen LogP contribution in [-0.2, 0) is 6.42 Å². The molecule has 0 aliphatic heterocycles. The van der Waals surface area contributed by atoms with E-state index in [4.69, 9.17) is 5.73 Å². The minimum absolute atomic E-state index is 0.107. The number of halogens is 3. The second kappa shape index (κ2) is 5.34. The second-order valence-corrected chi connectivity index (χ2v) is 4.99. The predicted molar refractivity (Wildman–Crippen MR) is 67.1 cm³/mol. The van der Waals surface area contributed by atoms with Gasteiger partial charge in [0.25, 0.3) is 5.91 Å². The van der Waals surface area contributed by atoms with Crippen LogP contribution in [0.3, 0.4) is 0 Å². The van der Waals surface area contributed by atoms with Gasteiger partial charge in [-0.2, -0.15) is 18.3 Å². The van der Waals surface area contributed by atoms with Gasteiger partial charge in [0.05, 0.1) is 11.4 Å². The van der Waals surface area contributed by atoms with Gasteiger partial charge in [-0.15, -0.1) is 0 Å². The average molecular weight is 290 g/mol. The van der Waals surface area contributed by atoms with Crippen molar-refractivity contribution in [3.63, 3.8) is 0 Å². The van der Waals surface area contributed by atoms with E-state index in [1.807, 2.05) is 6.92 Å². The highest BCUT2D eigenvalue weighted by Gasteiger charge is 2.42. The van der Waals surface area contributed by atoms with Gasteiger partial charge in [0.1, 0.15) is 6.54 Å². The van der Waals surface area contributed by atoms with E-state index >= 15 is 0 Å². The van der Waals surface area contributed by atoms with Crippen LogP contribution in [0, 0.1) is 0 Å². The lowest BCUT2D eigenvalue weighted by atomic mass is 10.2. The van der Waals surface area contributed by atoms with Crippen LogP contribution >= 0.6 is 0 Å². The van der Waals surface area contributed by atoms with E-state index in [1.165, 1.54) is 0 Å². The molecule has 1 heterocycles. The van der Waals surface area contributed by atoms with Crippen molar-refractivity contribution in [2.24, 2.45) is 0 Å². The second-order valence-electron chi connectivity index (χ2n) is 4.99. The highest BCUT2D eigenvalue weighted by atomic mass is 19.4. The number of rotatable bonds is 5. The molecule has 8 heteroatoms. The Labute approximate surface area is 114 Å². The van der Waals surface area contributed by atoms with E-state index in [2.05, 4.69) is 10.2 Å². The number of hydrogen-bond acceptors (Lipinski definition) is 3. The number of hydrogen-bond donors (Lipinski definition) is 2. The molecule has 0 aromatic carbocycles. The van der Waals surface area contributed by atoms with Gasteiger partial charge in [-0.3, -0.25) is 9.89 Å². The van der Waals surface area contributed by atoms with Gasteiger partial charge in [0.15, 0.2) is 5.69 Å². The average Bonchev–Trinajstić information content (AvgIpc) is 3.12. The number of carbonyl (C=O) groups is 1. The van der Waals surface area contributed by atoms with Crippen molar-refractivity contribution in [3.8, 4) is 0 Å². The van der Waals surface area contributed by atoms with Crippen LogP contribution in [-0.4, -0.2) is 39.8 Å². The molecule has 1 amide bonds. The lowest BCUT2D eigenvalue weighted by Crippen LogP contribution is -2.41. The Bertz CT molecular complexity index is 493. The molecular weight excluding hydrogens is 273 g/mol. The first-order chi connectivity index (χ1) is 9.33. The number of nitrogens with two attached hydrogens (primary N) is 1. The van der Waals surface area contributed by atoms with E-state index in [-0.39, 0.29) is 17.4 Å². The number of anilines is 1. The van der Waals surface area contributed by atoms with Gasteiger partial charge < -0.3 is 10.6 Å². The Morgan fingerprint density at radius 2 is 2.15 bits per heavy atom. The highest BCUT2D eigenvalue weighted by molar-refractivity contribution is 5.98. The lowest BCUT2D eigenvalue weighted by molar-refractivity contribution is -0.141. The molecule has 0 spiro atoms. The van der Waals surface area contributed by atoms with Crippen molar-refractivity contribution >= 4 is 11.6 Å². The molecule has 0 atom stereocenters. The molecule has 20 heavy (non-hydrogen) atoms. The third-order valence-electron chi connectivity index (χ3n) is 3.18. The Morgan fingerprint density at radius 1 is 1.50 bits per heavy atom. The predicted octanol–water partition coefficient (Wildman–Crippen LogP) is 2.11. The summed E-state index contributed by atoms with van der Waals surface area (Å²) in [6, 6.07) is -0.352. The summed E-state index contributed by atoms with van der Waals surface area (Å²) in [5.74, 6) is -0.749. The van der Waals surface area contributed by atoms with Crippen LogP contribution in [0.25, 0.3) is 0 Å². The van der Waals surface area contributed by atoms with Gasteiger partial charge in [-0.05, 0) is 19.3 Å². The van der Waals surface area contributed by atoms with Gasteiger partial charge in [0, 0.05) is 6.04 Å². The highest BCUT2D eigenvalue weighted by Crippen LogP contribution is 2.32. The summed E-state index contributed by atoms with van der Waals surface area (Å²) >= 11 is 0. The first-order valence-corrected chi connectivity index (χ1v) is 6.54. The van der Waals surface area contributed by atoms with Crippen LogP contribution in [0.1, 0.15) is 42.4 Å². The lowest BCUT2D eigenvalue weighted by Gasteiger charge is -2.23. The van der Waals surface area contributed by atoms with Crippen LogP contribution in [0.15, 0.2) is 0 Å². The summed E-state index contributed by atoms with van der Waals surface area (Å²) < 4.78 is 37.6. The first-order valence-electron chi connectivity index (χ1n) is 6.54. The minimum Gasteiger partial charge on any atom is -0.395 e. The monoisotopic (exact) mass is 290 g/mol. The fourth-order valence-electron chi connectivity index (χ4n) is 2.07. The summed E-state index contributed by atoms with van der Waals surface area (Å²) in [4.78, 5) is 13.0. The number of nitrogens with one attached hydrogen (secondary N) is 1. The molecule has 1 aliphatic carbocycles. The zero-order chi connectivity index (χ0) is 14.9. The molecular formula is C12H17F3N4O. The van der Waals surface area contributed by atoms with E-state index in [1.54, 1.807) is 0 Å². The molecule has 1 fully saturated rings. The normalized spacial score (nSPS) is 15.4. The van der Waals surface area contributed by atoms with Crippen molar-refractivity contribution < 1.29 is 18.0 Å². The maximum absolute atomic E-state index is 12.5. The summed E-state index contributed by atoms with van der Waals surface area (Å²) in [6.07, 6.45) is -1.83. The molecule has 1 aliphatic rings. The Hall–Kier alpha value is -1.73. The standard InChI is InChI=1S/C12H17F3N4O/c1-2-3-8-9(16)10(18-17-8)11(20)19(7-4-5-7)6-12(13,14)15/h7H,2-6,16H2,1H3,(H,17,18). The Balaban J connectivity index is 2.19. The fourth-order valence-corrected chi connectivity index (χ4v) is 2.07. The number of amides is 1.